The summed E-state index contributed by atoms with van der Waals surface area (Å²) in [5.41, 5.74) is 3.99. The van der Waals surface area contributed by atoms with Gasteiger partial charge in [0.1, 0.15) is 0 Å². The van der Waals surface area contributed by atoms with Gasteiger partial charge in [-0.2, -0.15) is 0 Å². The van der Waals surface area contributed by atoms with Gasteiger partial charge in [-0.3, -0.25) is 9.52 Å². The molecule has 3 rings (SSSR count). The molecule has 2 N–H and O–H groups in total. The Hall–Kier alpha value is -3.12. The molecule has 0 fully saturated rings. The van der Waals surface area contributed by atoms with E-state index in [2.05, 4.69) is 10.0 Å². The molecule has 0 spiro atoms. The topological polar surface area (TPSA) is 75.3 Å². The summed E-state index contributed by atoms with van der Waals surface area (Å²) in [6.07, 6.45) is 0.750. The van der Waals surface area contributed by atoms with Crippen molar-refractivity contribution in [2.45, 2.75) is 25.2 Å². The lowest BCUT2D eigenvalue weighted by molar-refractivity contribution is 0.0954. The first kappa shape index (κ1) is 20.6. The van der Waals surface area contributed by atoms with Crippen LogP contribution in [0.3, 0.4) is 0 Å². The third-order valence-corrected chi connectivity index (χ3v) is 6.11. The largest absolute Gasteiger partial charge is 0.352 e. The third kappa shape index (κ3) is 5.45. The molecule has 29 heavy (non-hydrogen) atoms. The van der Waals surface area contributed by atoms with E-state index in [4.69, 9.17) is 0 Å². The molecule has 0 atom stereocenters. The maximum absolute atomic E-state index is 12.6. The Labute approximate surface area is 171 Å². The first-order valence-corrected chi connectivity index (χ1v) is 10.9. The van der Waals surface area contributed by atoms with Crippen molar-refractivity contribution in [3.05, 3.63) is 95.1 Å². The Morgan fingerprint density at radius 1 is 0.862 bits per heavy atom. The number of carbonyl (C=O) groups is 1. The maximum atomic E-state index is 12.6. The van der Waals surface area contributed by atoms with Gasteiger partial charge in [0.05, 0.1) is 4.90 Å². The number of aryl methyl sites for hydroxylation is 2. The third-order valence-electron chi connectivity index (χ3n) is 4.73. The van der Waals surface area contributed by atoms with Crippen molar-refractivity contribution >= 4 is 21.6 Å². The summed E-state index contributed by atoms with van der Waals surface area (Å²) < 4.78 is 27.7. The van der Waals surface area contributed by atoms with E-state index in [1.807, 2.05) is 44.2 Å². The lowest BCUT2D eigenvalue weighted by Gasteiger charge is -2.10. The Balaban J connectivity index is 1.60. The van der Waals surface area contributed by atoms with Crippen LogP contribution < -0.4 is 10.0 Å². The zero-order valence-corrected chi connectivity index (χ0v) is 17.3. The number of anilines is 1. The predicted molar refractivity (Wildman–Crippen MR) is 116 cm³/mol. The molecule has 150 valence electrons. The number of sulfonamides is 1. The van der Waals surface area contributed by atoms with Crippen molar-refractivity contribution in [2.75, 3.05) is 11.3 Å². The van der Waals surface area contributed by atoms with Crippen LogP contribution in [-0.2, 0) is 16.4 Å². The van der Waals surface area contributed by atoms with Gasteiger partial charge in [-0.05, 0) is 73.4 Å². The van der Waals surface area contributed by atoms with Gasteiger partial charge in [-0.25, -0.2) is 8.42 Å². The number of rotatable bonds is 7. The average molecular weight is 409 g/mol. The lowest BCUT2D eigenvalue weighted by atomic mass is 10.1. The van der Waals surface area contributed by atoms with Crippen LogP contribution in [0.4, 0.5) is 5.69 Å². The standard InChI is InChI=1S/C23H24N2O3S/c1-17-8-13-22(16-18(17)2)29(27,28)25-21-11-9-20(10-12-21)23(26)24-15-14-19-6-4-3-5-7-19/h3-13,16,25H,14-15H2,1-2H3,(H,24,26). The van der Waals surface area contributed by atoms with Crippen LogP contribution in [0.5, 0.6) is 0 Å². The van der Waals surface area contributed by atoms with Crippen LogP contribution in [0.15, 0.2) is 77.7 Å². The Morgan fingerprint density at radius 3 is 2.21 bits per heavy atom. The van der Waals surface area contributed by atoms with Crippen LogP contribution in [0.2, 0.25) is 0 Å². The second-order valence-corrected chi connectivity index (χ2v) is 8.60. The number of amides is 1. The highest BCUT2D eigenvalue weighted by atomic mass is 32.2. The van der Waals surface area contributed by atoms with E-state index in [1.165, 1.54) is 0 Å². The molecule has 0 aliphatic rings. The summed E-state index contributed by atoms with van der Waals surface area (Å²) in [4.78, 5) is 12.5. The van der Waals surface area contributed by atoms with Crippen molar-refractivity contribution in [3.8, 4) is 0 Å². The van der Waals surface area contributed by atoms with Crippen LogP contribution >= 0.6 is 0 Å². The fraction of sp³-hybridized carbons (Fsp3) is 0.174. The minimum Gasteiger partial charge on any atom is -0.352 e. The first-order valence-electron chi connectivity index (χ1n) is 9.37. The summed E-state index contributed by atoms with van der Waals surface area (Å²) in [5, 5.41) is 2.87. The SMILES string of the molecule is Cc1ccc(S(=O)(=O)Nc2ccc(C(=O)NCCc3ccccc3)cc2)cc1C. The first-order chi connectivity index (χ1) is 13.8. The second kappa shape index (κ2) is 8.92. The molecule has 6 heteroatoms. The number of hydrogen-bond acceptors (Lipinski definition) is 3. The molecule has 0 aromatic heterocycles. The van der Waals surface area contributed by atoms with Crippen molar-refractivity contribution < 1.29 is 13.2 Å². The van der Waals surface area contributed by atoms with Crippen molar-refractivity contribution in [2.24, 2.45) is 0 Å². The Morgan fingerprint density at radius 2 is 1.55 bits per heavy atom. The molecule has 0 saturated carbocycles. The number of hydrogen-bond donors (Lipinski definition) is 2. The number of carbonyl (C=O) groups excluding carboxylic acids is 1. The van der Waals surface area contributed by atoms with E-state index in [1.54, 1.807) is 42.5 Å². The van der Waals surface area contributed by atoms with E-state index in [-0.39, 0.29) is 10.8 Å². The molecule has 3 aromatic rings. The molecular weight excluding hydrogens is 384 g/mol. The van der Waals surface area contributed by atoms with E-state index >= 15 is 0 Å². The summed E-state index contributed by atoms with van der Waals surface area (Å²) in [6, 6.07) is 21.3. The minimum absolute atomic E-state index is 0.190. The lowest BCUT2D eigenvalue weighted by Crippen LogP contribution is -2.25. The quantitative estimate of drug-likeness (QED) is 0.619. The Kier molecular flexibility index (Phi) is 6.34. The zero-order valence-electron chi connectivity index (χ0n) is 16.5. The predicted octanol–water partition coefficient (Wildman–Crippen LogP) is 4.08. The van der Waals surface area contributed by atoms with Gasteiger partial charge in [-0.1, -0.05) is 36.4 Å². The highest BCUT2D eigenvalue weighted by molar-refractivity contribution is 7.92. The van der Waals surface area contributed by atoms with Crippen LogP contribution in [0, 0.1) is 13.8 Å². The highest BCUT2D eigenvalue weighted by Crippen LogP contribution is 2.19. The van der Waals surface area contributed by atoms with Crippen molar-refractivity contribution in [1.29, 1.82) is 0 Å². The van der Waals surface area contributed by atoms with Gasteiger partial charge >= 0.3 is 0 Å². The van der Waals surface area contributed by atoms with E-state index in [9.17, 15) is 13.2 Å². The molecule has 0 aliphatic heterocycles. The molecule has 0 bridgehead atoms. The molecule has 0 saturated heterocycles. The number of benzene rings is 3. The van der Waals surface area contributed by atoms with Crippen LogP contribution in [-0.4, -0.2) is 20.9 Å². The monoisotopic (exact) mass is 408 g/mol. The van der Waals surface area contributed by atoms with Crippen molar-refractivity contribution in [1.82, 2.24) is 5.32 Å². The number of nitrogens with one attached hydrogen (secondary N) is 2. The van der Waals surface area contributed by atoms with Gasteiger partial charge in [0.2, 0.25) is 0 Å². The molecule has 0 heterocycles. The maximum Gasteiger partial charge on any atom is 0.261 e. The van der Waals surface area contributed by atoms with Gasteiger partial charge in [0, 0.05) is 17.8 Å². The van der Waals surface area contributed by atoms with Gasteiger partial charge < -0.3 is 5.32 Å². The molecule has 5 nitrogen and oxygen atoms in total. The Bertz CT molecular complexity index is 1090. The van der Waals surface area contributed by atoms with Crippen molar-refractivity contribution in [3.63, 3.8) is 0 Å². The van der Waals surface area contributed by atoms with E-state index < -0.39 is 10.0 Å². The molecule has 0 radical (unpaired) electrons. The summed E-state index contributed by atoms with van der Waals surface area (Å²) in [7, 11) is -3.68. The summed E-state index contributed by atoms with van der Waals surface area (Å²) in [6.45, 7) is 4.34. The molecule has 0 aliphatic carbocycles. The minimum atomic E-state index is -3.68. The van der Waals surface area contributed by atoms with E-state index in [0.29, 0.717) is 17.8 Å². The normalized spacial score (nSPS) is 11.1. The van der Waals surface area contributed by atoms with Gasteiger partial charge in [0.15, 0.2) is 0 Å². The molecular formula is C23H24N2O3S. The smallest absolute Gasteiger partial charge is 0.261 e. The summed E-state index contributed by atoms with van der Waals surface area (Å²) >= 11 is 0. The van der Waals surface area contributed by atoms with Crippen LogP contribution in [0.1, 0.15) is 27.0 Å². The molecule has 0 unspecified atom stereocenters. The van der Waals surface area contributed by atoms with Gasteiger partial charge in [0.25, 0.3) is 15.9 Å². The zero-order chi connectivity index (χ0) is 20.9. The highest BCUT2D eigenvalue weighted by Gasteiger charge is 2.15. The summed E-state index contributed by atoms with van der Waals surface area (Å²) in [5.74, 6) is -0.190. The van der Waals surface area contributed by atoms with E-state index in [0.717, 1.165) is 23.1 Å². The van der Waals surface area contributed by atoms with Crippen LogP contribution in [0.25, 0.3) is 0 Å². The average Bonchev–Trinajstić information content (AvgIpc) is 2.71. The second-order valence-electron chi connectivity index (χ2n) is 6.92. The molecule has 3 aromatic carbocycles. The fourth-order valence-electron chi connectivity index (χ4n) is 2.85. The molecule has 1 amide bonds. The fourth-order valence-corrected chi connectivity index (χ4v) is 4.00. The van der Waals surface area contributed by atoms with Gasteiger partial charge in [-0.15, -0.1) is 0 Å².